The van der Waals surface area contributed by atoms with E-state index in [1.54, 1.807) is 0 Å². The third kappa shape index (κ3) is 1.92. The Balaban J connectivity index is 2.67. The zero-order chi connectivity index (χ0) is 9.84. The predicted octanol–water partition coefficient (Wildman–Crippen LogP) is 0.100. The second-order valence-electron chi connectivity index (χ2n) is 2.64. The summed E-state index contributed by atoms with van der Waals surface area (Å²) < 4.78 is 9.55. The number of carbonyl (C=O) groups is 1. The van der Waals surface area contributed by atoms with Crippen molar-refractivity contribution in [3.8, 4) is 0 Å². The highest BCUT2D eigenvalue weighted by Gasteiger charge is 2.35. The number of hydrogen-bond donors (Lipinski definition) is 2. The number of hydrogen-bond acceptors (Lipinski definition) is 5. The average Bonchev–Trinajstić information content (AvgIpc) is 2.39. The van der Waals surface area contributed by atoms with Crippen LogP contribution in [0.3, 0.4) is 0 Å². The molecule has 5 heteroatoms. The van der Waals surface area contributed by atoms with Crippen LogP contribution >= 0.6 is 0 Å². The Kier molecular flexibility index (Phi) is 3.13. The molecule has 0 amide bonds. The Hall–Kier alpha value is -1.23. The molecule has 2 N–H and O–H groups in total. The molecule has 0 saturated heterocycles. The van der Waals surface area contributed by atoms with E-state index in [9.17, 15) is 9.90 Å². The molecule has 0 fully saturated rings. The van der Waals surface area contributed by atoms with Crippen LogP contribution in [0.4, 0.5) is 0 Å². The van der Waals surface area contributed by atoms with Crippen LogP contribution in [0.25, 0.3) is 0 Å². The van der Waals surface area contributed by atoms with Gasteiger partial charge < -0.3 is 19.7 Å². The average molecular weight is 188 g/mol. The van der Waals surface area contributed by atoms with E-state index >= 15 is 0 Å². The summed E-state index contributed by atoms with van der Waals surface area (Å²) in [5.41, 5.74) is 0. The van der Waals surface area contributed by atoms with E-state index in [-0.39, 0.29) is 11.5 Å². The lowest BCUT2D eigenvalue weighted by Gasteiger charge is -2.03. The predicted molar refractivity (Wildman–Crippen MR) is 42.9 cm³/mol. The molecule has 0 spiro atoms. The van der Waals surface area contributed by atoms with Gasteiger partial charge in [0.15, 0.2) is 11.9 Å². The maximum Gasteiger partial charge on any atom is 0.378 e. The van der Waals surface area contributed by atoms with Gasteiger partial charge in [-0.1, -0.05) is 6.92 Å². The summed E-state index contributed by atoms with van der Waals surface area (Å²) in [5.74, 6) is -1.22. The van der Waals surface area contributed by atoms with Crippen LogP contribution in [0.2, 0.25) is 0 Å². The lowest BCUT2D eigenvalue weighted by atomic mass is 10.3. The molecule has 0 radical (unpaired) electrons. The van der Waals surface area contributed by atoms with Crippen molar-refractivity contribution in [2.45, 2.75) is 19.4 Å². The molecule has 1 aliphatic rings. The van der Waals surface area contributed by atoms with Crippen molar-refractivity contribution in [3.05, 3.63) is 11.5 Å². The zero-order valence-electron chi connectivity index (χ0n) is 7.32. The molecule has 0 saturated carbocycles. The molecule has 1 heterocycles. The van der Waals surface area contributed by atoms with Gasteiger partial charge in [0.25, 0.3) is 0 Å². The lowest BCUT2D eigenvalue weighted by molar-refractivity contribution is -0.144. The number of cyclic esters (lactones) is 1. The summed E-state index contributed by atoms with van der Waals surface area (Å²) in [6.07, 6.45) is -0.229. The number of aliphatic hydroxyl groups is 2. The van der Waals surface area contributed by atoms with Gasteiger partial charge in [0.2, 0.25) is 5.76 Å². The third-order valence-corrected chi connectivity index (χ3v) is 1.59. The molecule has 1 aliphatic heterocycles. The minimum Gasteiger partial charge on any atom is -0.505 e. The highest BCUT2D eigenvalue weighted by molar-refractivity contribution is 5.89. The number of esters is 1. The largest absolute Gasteiger partial charge is 0.505 e. The van der Waals surface area contributed by atoms with Crippen LogP contribution < -0.4 is 0 Å². The smallest absolute Gasteiger partial charge is 0.378 e. The molecule has 0 aromatic rings. The van der Waals surface area contributed by atoms with E-state index in [4.69, 9.17) is 9.84 Å². The summed E-state index contributed by atoms with van der Waals surface area (Å²) in [5, 5.41) is 18.0. The zero-order valence-corrected chi connectivity index (χ0v) is 7.32. The van der Waals surface area contributed by atoms with Crippen molar-refractivity contribution >= 4 is 5.97 Å². The van der Waals surface area contributed by atoms with Crippen molar-refractivity contribution in [3.63, 3.8) is 0 Å². The summed E-state index contributed by atoms with van der Waals surface area (Å²) >= 11 is 0. The van der Waals surface area contributed by atoms with E-state index in [1.165, 1.54) is 0 Å². The molecular formula is C8H12O5. The molecule has 0 bridgehead atoms. The normalized spacial score (nSPS) is 22.0. The van der Waals surface area contributed by atoms with Crippen LogP contribution in [-0.4, -0.2) is 35.5 Å². The first-order chi connectivity index (χ1) is 6.20. The van der Waals surface area contributed by atoms with Crippen LogP contribution in [-0.2, 0) is 14.3 Å². The first-order valence-corrected chi connectivity index (χ1v) is 4.08. The van der Waals surface area contributed by atoms with Gasteiger partial charge in [-0.25, -0.2) is 4.79 Å². The topological polar surface area (TPSA) is 76.0 Å². The molecule has 1 unspecified atom stereocenters. The second kappa shape index (κ2) is 4.13. The molecular weight excluding hydrogens is 176 g/mol. The summed E-state index contributed by atoms with van der Waals surface area (Å²) in [6.45, 7) is 1.78. The molecule has 1 atom stereocenters. The van der Waals surface area contributed by atoms with Crippen LogP contribution in [0.1, 0.15) is 13.3 Å². The Morgan fingerprint density at radius 3 is 2.77 bits per heavy atom. The lowest BCUT2D eigenvalue weighted by Crippen LogP contribution is -2.15. The first-order valence-electron chi connectivity index (χ1n) is 4.08. The van der Waals surface area contributed by atoms with Gasteiger partial charge in [0.1, 0.15) is 0 Å². The van der Waals surface area contributed by atoms with Crippen LogP contribution in [0, 0.1) is 0 Å². The molecule has 74 valence electrons. The molecule has 0 aromatic carbocycles. The van der Waals surface area contributed by atoms with E-state index in [0.717, 1.165) is 6.42 Å². The van der Waals surface area contributed by atoms with Crippen molar-refractivity contribution in [2.75, 3.05) is 13.2 Å². The van der Waals surface area contributed by atoms with E-state index in [1.807, 2.05) is 6.92 Å². The standard InChI is InChI=1S/C8H12O5/c1-2-3-12-7-6(10)5(4-9)13-8(7)11/h5,9-10H,2-4H2,1H3. The van der Waals surface area contributed by atoms with Gasteiger partial charge in [-0.15, -0.1) is 0 Å². The maximum absolute atomic E-state index is 11.0. The monoisotopic (exact) mass is 188 g/mol. The molecule has 1 rings (SSSR count). The number of carbonyl (C=O) groups excluding carboxylic acids is 1. The van der Waals surface area contributed by atoms with Crippen LogP contribution in [0.15, 0.2) is 11.5 Å². The van der Waals surface area contributed by atoms with Crippen molar-refractivity contribution < 1.29 is 24.5 Å². The van der Waals surface area contributed by atoms with Gasteiger partial charge >= 0.3 is 5.97 Å². The summed E-state index contributed by atoms with van der Waals surface area (Å²) in [7, 11) is 0. The SMILES string of the molecule is CCCOC1=C(O)C(CO)OC1=O. The Labute approximate surface area is 75.6 Å². The molecule has 5 nitrogen and oxygen atoms in total. The number of ether oxygens (including phenoxy) is 2. The van der Waals surface area contributed by atoms with Crippen molar-refractivity contribution in [1.29, 1.82) is 0 Å². The minimum atomic E-state index is -0.959. The van der Waals surface area contributed by atoms with Gasteiger partial charge in [-0.3, -0.25) is 0 Å². The molecule has 0 aromatic heterocycles. The minimum absolute atomic E-state index is 0.180. The fourth-order valence-electron chi connectivity index (χ4n) is 0.950. The number of aliphatic hydroxyl groups excluding tert-OH is 2. The van der Waals surface area contributed by atoms with Crippen LogP contribution in [0.5, 0.6) is 0 Å². The quantitative estimate of drug-likeness (QED) is 0.612. The van der Waals surface area contributed by atoms with E-state index in [2.05, 4.69) is 4.74 Å². The highest BCUT2D eigenvalue weighted by atomic mass is 16.6. The van der Waals surface area contributed by atoms with Gasteiger partial charge in [-0.2, -0.15) is 0 Å². The van der Waals surface area contributed by atoms with E-state index < -0.39 is 18.7 Å². The maximum atomic E-state index is 11.0. The van der Waals surface area contributed by atoms with Gasteiger partial charge in [0, 0.05) is 0 Å². The van der Waals surface area contributed by atoms with Gasteiger partial charge in [-0.05, 0) is 6.42 Å². The number of rotatable bonds is 4. The van der Waals surface area contributed by atoms with Gasteiger partial charge in [0.05, 0.1) is 13.2 Å². The Morgan fingerprint density at radius 2 is 2.31 bits per heavy atom. The fourth-order valence-corrected chi connectivity index (χ4v) is 0.950. The highest BCUT2D eigenvalue weighted by Crippen LogP contribution is 2.21. The van der Waals surface area contributed by atoms with Crippen molar-refractivity contribution in [2.24, 2.45) is 0 Å². The summed E-state index contributed by atoms with van der Waals surface area (Å²) in [6, 6.07) is 0. The summed E-state index contributed by atoms with van der Waals surface area (Å²) in [4.78, 5) is 11.0. The van der Waals surface area contributed by atoms with E-state index in [0.29, 0.717) is 6.61 Å². The second-order valence-corrected chi connectivity index (χ2v) is 2.64. The Morgan fingerprint density at radius 1 is 1.62 bits per heavy atom. The molecule has 13 heavy (non-hydrogen) atoms. The first kappa shape index (κ1) is 9.85. The fraction of sp³-hybridized carbons (Fsp3) is 0.625. The molecule has 0 aliphatic carbocycles. The Bertz CT molecular complexity index is 233. The van der Waals surface area contributed by atoms with Crippen molar-refractivity contribution in [1.82, 2.24) is 0 Å². The third-order valence-electron chi connectivity index (χ3n) is 1.59.